The second kappa shape index (κ2) is 9.57. The Morgan fingerprint density at radius 3 is 2.65 bits per heavy atom. The highest BCUT2D eigenvalue weighted by Gasteiger charge is 2.49. The molecule has 0 saturated carbocycles. The number of carboxylic acids is 1. The number of likely N-dealkylation sites (N-methyl/N-ethyl adjacent to an activating group) is 1. The van der Waals surface area contributed by atoms with E-state index in [9.17, 15) is 9.59 Å². The summed E-state index contributed by atoms with van der Waals surface area (Å²) in [5, 5.41) is 11.5. The largest absolute Gasteiger partial charge is 0.493 e. The van der Waals surface area contributed by atoms with E-state index in [2.05, 4.69) is 23.3 Å². The lowest BCUT2D eigenvalue weighted by atomic mass is 9.68. The summed E-state index contributed by atoms with van der Waals surface area (Å²) in [7, 11) is 6.67. The summed E-state index contributed by atoms with van der Waals surface area (Å²) in [6, 6.07) is 4.99. The van der Waals surface area contributed by atoms with E-state index in [0.717, 1.165) is 18.5 Å². The van der Waals surface area contributed by atoms with Crippen molar-refractivity contribution in [2.24, 2.45) is 0 Å². The van der Waals surface area contributed by atoms with Crippen LogP contribution in [-0.2, 0) is 19.7 Å². The number of fused-ring (bicyclic) bond motifs is 1. The number of benzene rings is 1. The minimum atomic E-state index is -1.18. The molecule has 2 N–H and O–H groups in total. The van der Waals surface area contributed by atoms with E-state index in [1.807, 2.05) is 18.2 Å². The topological polar surface area (TPSA) is 107 Å². The average Bonchev–Trinajstić information content (AvgIpc) is 3.10. The Hall–Kier alpha value is -2.78. The van der Waals surface area contributed by atoms with Gasteiger partial charge in [-0.1, -0.05) is 6.07 Å². The Labute approximate surface area is 181 Å². The van der Waals surface area contributed by atoms with E-state index in [0.29, 0.717) is 30.1 Å². The van der Waals surface area contributed by atoms with Crippen molar-refractivity contribution in [3.63, 3.8) is 0 Å². The number of carbonyl (C=O) groups is 2. The van der Waals surface area contributed by atoms with Gasteiger partial charge in [0.1, 0.15) is 5.76 Å². The third-order valence-corrected chi connectivity index (χ3v) is 6.27. The molecule has 0 aromatic heterocycles. The molecule has 0 bridgehead atoms. The fraction of sp³-hybridized carbons (Fsp3) is 0.545. The van der Waals surface area contributed by atoms with Gasteiger partial charge in [0.15, 0.2) is 17.5 Å². The van der Waals surface area contributed by atoms with Crippen molar-refractivity contribution in [3.8, 4) is 11.5 Å². The molecule has 1 aromatic rings. The van der Waals surface area contributed by atoms with E-state index < -0.39 is 18.1 Å². The Morgan fingerprint density at radius 2 is 2.00 bits per heavy atom. The third-order valence-electron chi connectivity index (χ3n) is 6.27. The molecular weight excluding hydrogens is 404 g/mol. The number of hydrogen-bond donors (Lipinski definition) is 2. The van der Waals surface area contributed by atoms with Crippen LogP contribution in [0.2, 0.25) is 0 Å². The van der Waals surface area contributed by atoms with E-state index >= 15 is 0 Å². The summed E-state index contributed by atoms with van der Waals surface area (Å²) in [5.74, 6) is 0.723. The number of alkyl carbamates (subject to hydrolysis) is 1. The summed E-state index contributed by atoms with van der Waals surface area (Å²) < 4.78 is 21.2. The predicted molar refractivity (Wildman–Crippen MR) is 112 cm³/mol. The number of amides is 1. The van der Waals surface area contributed by atoms with Gasteiger partial charge in [0, 0.05) is 25.0 Å². The highest BCUT2D eigenvalue weighted by molar-refractivity contribution is 5.80. The van der Waals surface area contributed by atoms with Gasteiger partial charge < -0.3 is 34.3 Å². The molecule has 170 valence electrons. The van der Waals surface area contributed by atoms with Gasteiger partial charge in [-0.25, -0.2) is 9.59 Å². The van der Waals surface area contributed by atoms with Crippen molar-refractivity contribution in [1.29, 1.82) is 0 Å². The first-order valence-electron chi connectivity index (χ1n) is 10.2. The number of aliphatic carboxylic acids is 1. The summed E-state index contributed by atoms with van der Waals surface area (Å²) in [6.45, 7) is 0.776. The van der Waals surface area contributed by atoms with Crippen LogP contribution in [0.4, 0.5) is 4.79 Å². The lowest BCUT2D eigenvalue weighted by molar-refractivity contribution is -0.140. The van der Waals surface area contributed by atoms with E-state index in [4.69, 9.17) is 24.1 Å². The zero-order valence-corrected chi connectivity index (χ0v) is 18.3. The molecule has 1 aromatic carbocycles. The van der Waals surface area contributed by atoms with Crippen molar-refractivity contribution in [1.82, 2.24) is 10.2 Å². The summed E-state index contributed by atoms with van der Waals surface area (Å²) in [4.78, 5) is 25.7. The molecule has 1 aliphatic carbocycles. The zero-order chi connectivity index (χ0) is 22.6. The first kappa shape index (κ1) is 22.9. The SMILES string of the molecule is COCC(NC(=O)OC1=CCC2(c3ccc(OC)c(OC)c3)CCN(C)C2C1)C(=O)O. The maximum Gasteiger partial charge on any atom is 0.413 e. The molecule has 9 heteroatoms. The van der Waals surface area contributed by atoms with Gasteiger partial charge in [0.25, 0.3) is 0 Å². The Kier molecular flexibility index (Phi) is 7.07. The molecule has 1 amide bonds. The van der Waals surface area contributed by atoms with Crippen molar-refractivity contribution in [2.75, 3.05) is 41.5 Å². The summed E-state index contributed by atoms with van der Waals surface area (Å²) in [6.07, 6.45) is 3.34. The van der Waals surface area contributed by atoms with Crippen molar-refractivity contribution < 1.29 is 33.6 Å². The highest BCUT2D eigenvalue weighted by Crippen LogP contribution is 2.49. The molecule has 1 fully saturated rings. The second-order valence-corrected chi connectivity index (χ2v) is 7.93. The monoisotopic (exact) mass is 434 g/mol. The lowest BCUT2D eigenvalue weighted by Gasteiger charge is -2.40. The van der Waals surface area contributed by atoms with E-state index in [1.165, 1.54) is 7.11 Å². The number of likely N-dealkylation sites (tertiary alicyclic amines) is 1. The van der Waals surface area contributed by atoms with Gasteiger partial charge in [0.2, 0.25) is 0 Å². The number of allylic oxidation sites excluding steroid dienone is 1. The quantitative estimate of drug-likeness (QED) is 0.641. The summed E-state index contributed by atoms with van der Waals surface area (Å²) in [5.41, 5.74) is 1.03. The van der Waals surface area contributed by atoms with Crippen LogP contribution in [0.15, 0.2) is 30.0 Å². The van der Waals surface area contributed by atoms with Crippen LogP contribution in [-0.4, -0.2) is 75.7 Å². The molecule has 31 heavy (non-hydrogen) atoms. The molecule has 9 nitrogen and oxygen atoms in total. The summed E-state index contributed by atoms with van der Waals surface area (Å²) >= 11 is 0. The van der Waals surface area contributed by atoms with Crippen LogP contribution >= 0.6 is 0 Å². The van der Waals surface area contributed by atoms with Crippen molar-refractivity contribution in [2.45, 2.75) is 36.8 Å². The number of carbonyl (C=O) groups excluding carboxylic acids is 1. The standard InChI is InChI=1S/C22H30N2O7/c1-24-10-9-22(14-5-6-17(29-3)18(11-14)30-4)8-7-15(12-19(22)24)31-21(27)23-16(13-28-2)20(25)26/h5-7,11,16,19H,8-10,12-13H2,1-4H3,(H,23,27)(H,25,26). The van der Waals surface area contributed by atoms with Gasteiger partial charge >= 0.3 is 12.1 Å². The van der Waals surface area contributed by atoms with Crippen LogP contribution in [0.1, 0.15) is 24.8 Å². The van der Waals surface area contributed by atoms with Crippen LogP contribution in [0, 0.1) is 0 Å². The second-order valence-electron chi connectivity index (χ2n) is 7.93. The number of methoxy groups -OCH3 is 3. The van der Waals surface area contributed by atoms with E-state index in [-0.39, 0.29) is 18.1 Å². The molecule has 3 atom stereocenters. The zero-order valence-electron chi connectivity index (χ0n) is 18.3. The molecule has 1 aliphatic heterocycles. The van der Waals surface area contributed by atoms with Crippen LogP contribution < -0.4 is 14.8 Å². The van der Waals surface area contributed by atoms with E-state index in [1.54, 1.807) is 14.2 Å². The molecule has 3 unspecified atom stereocenters. The predicted octanol–water partition coefficient (Wildman–Crippen LogP) is 2.15. The lowest BCUT2D eigenvalue weighted by Crippen LogP contribution is -2.46. The number of rotatable bonds is 8. The van der Waals surface area contributed by atoms with Gasteiger partial charge in [-0.05, 0) is 50.2 Å². The van der Waals surface area contributed by atoms with Crippen molar-refractivity contribution >= 4 is 12.1 Å². The van der Waals surface area contributed by atoms with Gasteiger partial charge in [-0.15, -0.1) is 0 Å². The first-order valence-corrected chi connectivity index (χ1v) is 10.2. The highest BCUT2D eigenvalue weighted by atomic mass is 16.6. The first-order chi connectivity index (χ1) is 14.8. The Bertz CT molecular complexity index is 856. The molecule has 1 saturated heterocycles. The van der Waals surface area contributed by atoms with Gasteiger partial charge in [-0.2, -0.15) is 0 Å². The van der Waals surface area contributed by atoms with Gasteiger partial charge in [0.05, 0.1) is 20.8 Å². The van der Waals surface area contributed by atoms with Crippen LogP contribution in [0.5, 0.6) is 11.5 Å². The number of ether oxygens (including phenoxy) is 4. The van der Waals surface area contributed by atoms with Crippen molar-refractivity contribution in [3.05, 3.63) is 35.6 Å². The Morgan fingerprint density at radius 1 is 1.26 bits per heavy atom. The normalized spacial score (nSPS) is 24.0. The number of hydrogen-bond acceptors (Lipinski definition) is 7. The molecular formula is C22H30N2O7. The fourth-order valence-electron chi connectivity index (χ4n) is 4.60. The minimum Gasteiger partial charge on any atom is -0.493 e. The van der Waals surface area contributed by atoms with Gasteiger partial charge in [-0.3, -0.25) is 0 Å². The number of nitrogens with one attached hydrogen (secondary N) is 1. The smallest absolute Gasteiger partial charge is 0.413 e. The molecule has 0 spiro atoms. The fourth-order valence-corrected chi connectivity index (χ4v) is 4.60. The average molecular weight is 434 g/mol. The maximum absolute atomic E-state index is 12.2. The Balaban J connectivity index is 1.79. The van der Waals surface area contributed by atoms with Crippen LogP contribution in [0.25, 0.3) is 0 Å². The molecule has 0 radical (unpaired) electrons. The molecule has 2 aliphatic rings. The van der Waals surface area contributed by atoms with Crippen LogP contribution in [0.3, 0.4) is 0 Å². The number of carboxylic acid groups (broad SMARTS) is 1. The third kappa shape index (κ3) is 4.62. The molecule has 3 rings (SSSR count). The maximum atomic E-state index is 12.2. The number of nitrogens with zero attached hydrogens (tertiary/aromatic N) is 1. The minimum absolute atomic E-state index is 0.128. The molecule has 1 heterocycles.